The number of carbonyl (C=O) groups excluding carboxylic acids is 1. The maximum atomic E-state index is 12.4. The van der Waals surface area contributed by atoms with Crippen molar-refractivity contribution in [3.05, 3.63) is 18.0 Å². The number of anilines is 1. The van der Waals surface area contributed by atoms with Crippen molar-refractivity contribution in [2.45, 2.75) is 19.1 Å². The second kappa shape index (κ2) is 5.14. The molecule has 1 aromatic heterocycles. The number of rotatable bonds is 1. The molecule has 2 N–H and O–H groups in total. The second-order valence-corrected chi connectivity index (χ2v) is 4.60. The van der Waals surface area contributed by atoms with Crippen molar-refractivity contribution < 1.29 is 18.0 Å². The number of piperazine rings is 1. The molecule has 0 bridgehead atoms. The van der Waals surface area contributed by atoms with Crippen molar-refractivity contribution in [2.24, 2.45) is 5.73 Å². The van der Waals surface area contributed by atoms with Gasteiger partial charge in [0.2, 0.25) is 5.95 Å². The maximum Gasteiger partial charge on any atom is 0.419 e. The average Bonchev–Trinajstić information content (AvgIpc) is 2.37. The van der Waals surface area contributed by atoms with Gasteiger partial charge in [-0.25, -0.2) is 14.8 Å². The minimum absolute atomic E-state index is 0.146. The molecule has 2 rings (SSSR count). The third-order valence-electron chi connectivity index (χ3n) is 3.16. The molecule has 110 valence electrons. The summed E-state index contributed by atoms with van der Waals surface area (Å²) in [6.07, 6.45) is -2.93. The van der Waals surface area contributed by atoms with Crippen molar-refractivity contribution in [1.29, 1.82) is 0 Å². The number of halogens is 3. The van der Waals surface area contributed by atoms with Crippen molar-refractivity contribution >= 4 is 12.0 Å². The van der Waals surface area contributed by atoms with E-state index in [0.29, 0.717) is 19.6 Å². The third-order valence-corrected chi connectivity index (χ3v) is 3.16. The summed E-state index contributed by atoms with van der Waals surface area (Å²) in [6, 6.07) is -0.655. The zero-order valence-electron chi connectivity index (χ0n) is 10.8. The Morgan fingerprint density at radius 2 is 1.95 bits per heavy atom. The van der Waals surface area contributed by atoms with Crippen LogP contribution in [0.25, 0.3) is 0 Å². The molecule has 0 spiro atoms. The number of nitrogens with zero attached hydrogens (tertiary/aromatic N) is 4. The number of aromatic nitrogens is 2. The normalized spacial score (nSPS) is 20.1. The Hall–Kier alpha value is -2.06. The summed E-state index contributed by atoms with van der Waals surface area (Å²) in [6.45, 7) is 3.05. The van der Waals surface area contributed by atoms with E-state index >= 15 is 0 Å². The van der Waals surface area contributed by atoms with Crippen LogP contribution in [0.15, 0.2) is 12.4 Å². The number of alkyl halides is 3. The first kappa shape index (κ1) is 14.4. The van der Waals surface area contributed by atoms with Gasteiger partial charge in [0.25, 0.3) is 0 Å². The van der Waals surface area contributed by atoms with Crippen molar-refractivity contribution in [1.82, 2.24) is 14.9 Å². The van der Waals surface area contributed by atoms with E-state index in [1.165, 1.54) is 4.90 Å². The number of nitrogens with two attached hydrogens (primary N) is 1. The fraction of sp³-hybridized carbons (Fsp3) is 0.545. The molecule has 1 unspecified atom stereocenters. The van der Waals surface area contributed by atoms with Crippen LogP contribution in [0.2, 0.25) is 0 Å². The SMILES string of the molecule is CC1CN(c2ncc(C(F)(F)F)cn2)CCN1C(N)=O. The van der Waals surface area contributed by atoms with Crippen molar-refractivity contribution in [3.8, 4) is 0 Å². The fourth-order valence-electron chi connectivity index (χ4n) is 2.10. The number of urea groups is 1. The molecular weight excluding hydrogens is 275 g/mol. The van der Waals surface area contributed by atoms with Crippen LogP contribution < -0.4 is 10.6 Å². The van der Waals surface area contributed by atoms with Gasteiger partial charge in [-0.05, 0) is 6.92 Å². The van der Waals surface area contributed by atoms with Crippen LogP contribution in [-0.2, 0) is 6.18 Å². The zero-order valence-corrected chi connectivity index (χ0v) is 10.8. The van der Waals surface area contributed by atoms with Crippen molar-refractivity contribution in [3.63, 3.8) is 0 Å². The van der Waals surface area contributed by atoms with Gasteiger partial charge >= 0.3 is 12.2 Å². The van der Waals surface area contributed by atoms with E-state index in [1.807, 2.05) is 0 Å². The molecule has 2 amide bonds. The predicted molar refractivity (Wildman–Crippen MR) is 65.0 cm³/mol. The van der Waals surface area contributed by atoms with Crippen LogP contribution >= 0.6 is 0 Å². The Bertz CT molecular complexity index is 490. The number of carbonyl (C=O) groups is 1. The number of amides is 2. The van der Waals surface area contributed by atoms with Gasteiger partial charge in [0, 0.05) is 38.1 Å². The number of hydrogen-bond acceptors (Lipinski definition) is 4. The summed E-state index contributed by atoms with van der Waals surface area (Å²) in [4.78, 5) is 21.8. The lowest BCUT2D eigenvalue weighted by molar-refractivity contribution is -0.138. The molecule has 1 aromatic rings. The monoisotopic (exact) mass is 289 g/mol. The topological polar surface area (TPSA) is 75.3 Å². The summed E-state index contributed by atoms with van der Waals surface area (Å²) in [5, 5.41) is 0. The minimum atomic E-state index is -4.45. The van der Waals surface area contributed by atoms with Gasteiger partial charge in [-0.3, -0.25) is 0 Å². The van der Waals surface area contributed by atoms with Gasteiger partial charge in [0.15, 0.2) is 0 Å². The molecule has 1 aliphatic heterocycles. The van der Waals surface area contributed by atoms with Crippen LogP contribution in [0.1, 0.15) is 12.5 Å². The van der Waals surface area contributed by atoms with Crippen molar-refractivity contribution in [2.75, 3.05) is 24.5 Å². The highest BCUT2D eigenvalue weighted by Crippen LogP contribution is 2.28. The largest absolute Gasteiger partial charge is 0.419 e. The van der Waals surface area contributed by atoms with E-state index in [2.05, 4.69) is 9.97 Å². The molecule has 9 heteroatoms. The highest BCUT2D eigenvalue weighted by Gasteiger charge is 2.32. The lowest BCUT2D eigenvalue weighted by Gasteiger charge is -2.38. The maximum absolute atomic E-state index is 12.4. The highest BCUT2D eigenvalue weighted by molar-refractivity contribution is 5.72. The molecule has 1 atom stereocenters. The van der Waals surface area contributed by atoms with E-state index in [4.69, 9.17) is 5.73 Å². The number of primary amides is 1. The van der Waals surface area contributed by atoms with E-state index in [0.717, 1.165) is 12.4 Å². The summed E-state index contributed by atoms with van der Waals surface area (Å²) in [5.74, 6) is 0.217. The van der Waals surface area contributed by atoms with Gasteiger partial charge < -0.3 is 15.5 Å². The molecule has 20 heavy (non-hydrogen) atoms. The lowest BCUT2D eigenvalue weighted by Crippen LogP contribution is -2.56. The molecule has 6 nitrogen and oxygen atoms in total. The quantitative estimate of drug-likeness (QED) is 0.839. The van der Waals surface area contributed by atoms with E-state index in [9.17, 15) is 18.0 Å². The molecule has 2 heterocycles. The van der Waals surface area contributed by atoms with Gasteiger partial charge in [-0.2, -0.15) is 13.2 Å². The standard InChI is InChI=1S/C11H14F3N5O/c1-7-6-18(2-3-19(7)9(15)20)10-16-4-8(5-17-10)11(12,13)14/h4-5,7H,2-3,6H2,1H3,(H2,15,20). The third kappa shape index (κ3) is 2.91. The Morgan fingerprint density at radius 3 is 2.40 bits per heavy atom. The summed E-state index contributed by atoms with van der Waals surface area (Å²) in [7, 11) is 0. The minimum Gasteiger partial charge on any atom is -0.351 e. The van der Waals surface area contributed by atoms with Crippen LogP contribution in [0.4, 0.5) is 23.9 Å². The molecule has 0 saturated carbocycles. The fourth-order valence-corrected chi connectivity index (χ4v) is 2.10. The first-order valence-electron chi connectivity index (χ1n) is 5.99. The smallest absolute Gasteiger partial charge is 0.351 e. The van der Waals surface area contributed by atoms with E-state index in [1.54, 1.807) is 11.8 Å². The number of hydrogen-bond donors (Lipinski definition) is 1. The Balaban J connectivity index is 2.08. The molecule has 1 fully saturated rings. The predicted octanol–water partition coefficient (Wildman–Crippen LogP) is 1.08. The first-order valence-corrected chi connectivity index (χ1v) is 5.99. The molecule has 1 aliphatic rings. The Labute approximate surface area is 113 Å². The van der Waals surface area contributed by atoms with Gasteiger partial charge in [0.05, 0.1) is 5.56 Å². The molecular formula is C11H14F3N5O. The van der Waals surface area contributed by atoms with Crippen LogP contribution in [0.3, 0.4) is 0 Å². The zero-order chi connectivity index (χ0) is 14.9. The average molecular weight is 289 g/mol. The van der Waals surface area contributed by atoms with Gasteiger partial charge in [-0.1, -0.05) is 0 Å². The van der Waals surface area contributed by atoms with Gasteiger partial charge in [0.1, 0.15) is 0 Å². The molecule has 0 aliphatic carbocycles. The Morgan fingerprint density at radius 1 is 1.35 bits per heavy atom. The molecule has 0 radical (unpaired) electrons. The molecule has 1 saturated heterocycles. The first-order chi connectivity index (χ1) is 9.29. The second-order valence-electron chi connectivity index (χ2n) is 4.60. The summed E-state index contributed by atoms with van der Waals surface area (Å²) in [5.41, 5.74) is 4.34. The van der Waals surface area contributed by atoms with Gasteiger partial charge in [-0.15, -0.1) is 0 Å². The van der Waals surface area contributed by atoms with Crippen LogP contribution in [0, 0.1) is 0 Å². The lowest BCUT2D eigenvalue weighted by atomic mass is 10.2. The Kier molecular flexibility index (Phi) is 3.69. The summed E-state index contributed by atoms with van der Waals surface area (Å²) < 4.78 is 37.2. The van der Waals surface area contributed by atoms with Crippen LogP contribution in [0.5, 0.6) is 0 Å². The van der Waals surface area contributed by atoms with E-state index < -0.39 is 17.8 Å². The highest BCUT2D eigenvalue weighted by atomic mass is 19.4. The van der Waals surface area contributed by atoms with E-state index in [-0.39, 0.29) is 12.0 Å². The van der Waals surface area contributed by atoms with Crippen LogP contribution in [-0.4, -0.2) is 46.6 Å². The summed E-state index contributed by atoms with van der Waals surface area (Å²) >= 11 is 0. The molecule has 0 aromatic carbocycles.